The first-order valence-corrected chi connectivity index (χ1v) is 8.20. The monoisotopic (exact) mass is 358 g/mol. The Morgan fingerprint density at radius 2 is 2.08 bits per heavy atom. The Bertz CT molecular complexity index is 1010. The molecule has 0 spiro atoms. The molecule has 9 heteroatoms. The van der Waals surface area contributed by atoms with E-state index in [0.717, 1.165) is 37.0 Å². The van der Waals surface area contributed by atoms with Gasteiger partial charge in [0.1, 0.15) is 11.5 Å². The smallest absolute Gasteiger partial charge is 0.288 e. The fourth-order valence-electron chi connectivity index (χ4n) is 2.78. The summed E-state index contributed by atoms with van der Waals surface area (Å²) in [7, 11) is 0. The number of aromatic nitrogens is 5. The predicted octanol–water partition coefficient (Wildman–Crippen LogP) is 3.16. The maximum absolute atomic E-state index is 13.6. The van der Waals surface area contributed by atoms with E-state index < -0.39 is 11.6 Å². The SMILES string of the molecule is CC(=O)Nc1cc2c(cn1)c(C1CC1)nn2-c1cncc(C(C)(F)F)n1. The molecule has 0 radical (unpaired) electrons. The first-order chi connectivity index (χ1) is 12.3. The zero-order valence-corrected chi connectivity index (χ0v) is 14.2. The van der Waals surface area contributed by atoms with Crippen LogP contribution < -0.4 is 5.32 Å². The molecule has 134 valence electrons. The van der Waals surface area contributed by atoms with Gasteiger partial charge in [0.2, 0.25) is 5.91 Å². The van der Waals surface area contributed by atoms with E-state index in [1.165, 1.54) is 17.8 Å². The van der Waals surface area contributed by atoms with E-state index >= 15 is 0 Å². The topological polar surface area (TPSA) is 85.6 Å². The second kappa shape index (κ2) is 5.79. The number of carbonyl (C=O) groups excluding carboxylic acids is 1. The summed E-state index contributed by atoms with van der Waals surface area (Å²) in [6.07, 6.45) is 6.12. The lowest BCUT2D eigenvalue weighted by molar-refractivity contribution is -0.114. The highest BCUT2D eigenvalue weighted by atomic mass is 19.3. The molecule has 3 aromatic heterocycles. The molecule has 1 N–H and O–H groups in total. The van der Waals surface area contributed by atoms with E-state index in [0.29, 0.717) is 17.3 Å². The number of nitrogens with one attached hydrogen (secondary N) is 1. The molecule has 1 aliphatic rings. The molecule has 1 fully saturated rings. The van der Waals surface area contributed by atoms with Crippen LogP contribution in [0.1, 0.15) is 44.0 Å². The van der Waals surface area contributed by atoms with Crippen LogP contribution in [0.2, 0.25) is 0 Å². The number of hydrogen-bond donors (Lipinski definition) is 1. The Balaban J connectivity index is 1.89. The number of pyridine rings is 1. The Morgan fingerprint density at radius 1 is 1.31 bits per heavy atom. The minimum absolute atomic E-state index is 0.195. The number of amides is 1. The Labute approximate surface area is 147 Å². The summed E-state index contributed by atoms with van der Waals surface area (Å²) in [4.78, 5) is 23.5. The Morgan fingerprint density at radius 3 is 2.73 bits per heavy atom. The minimum Gasteiger partial charge on any atom is -0.311 e. The van der Waals surface area contributed by atoms with E-state index in [4.69, 9.17) is 0 Å². The highest BCUT2D eigenvalue weighted by Crippen LogP contribution is 2.43. The number of hydrogen-bond acceptors (Lipinski definition) is 5. The van der Waals surface area contributed by atoms with Crippen molar-refractivity contribution in [3.8, 4) is 5.82 Å². The summed E-state index contributed by atoms with van der Waals surface area (Å²) >= 11 is 0. The maximum atomic E-state index is 13.6. The summed E-state index contributed by atoms with van der Waals surface area (Å²) in [6.45, 7) is 2.16. The van der Waals surface area contributed by atoms with Crippen molar-refractivity contribution in [2.45, 2.75) is 38.5 Å². The van der Waals surface area contributed by atoms with Gasteiger partial charge < -0.3 is 5.32 Å². The quantitative estimate of drug-likeness (QED) is 0.774. The Kier molecular flexibility index (Phi) is 3.67. The average molecular weight is 358 g/mol. The largest absolute Gasteiger partial charge is 0.311 e. The highest BCUT2D eigenvalue weighted by molar-refractivity contribution is 5.91. The first-order valence-electron chi connectivity index (χ1n) is 8.20. The van der Waals surface area contributed by atoms with Crippen molar-refractivity contribution in [2.75, 3.05) is 5.32 Å². The highest BCUT2D eigenvalue weighted by Gasteiger charge is 2.31. The fraction of sp³-hybridized carbons (Fsp3) is 0.353. The molecular weight excluding hydrogens is 342 g/mol. The van der Waals surface area contributed by atoms with Crippen LogP contribution >= 0.6 is 0 Å². The molecule has 1 saturated carbocycles. The summed E-state index contributed by atoms with van der Waals surface area (Å²) in [6, 6.07) is 1.66. The zero-order valence-electron chi connectivity index (χ0n) is 14.2. The molecule has 4 rings (SSSR count). The molecule has 0 aliphatic heterocycles. The minimum atomic E-state index is -3.10. The van der Waals surface area contributed by atoms with Crippen molar-refractivity contribution in [3.05, 3.63) is 36.0 Å². The van der Waals surface area contributed by atoms with Gasteiger partial charge in [0.15, 0.2) is 5.82 Å². The molecule has 0 atom stereocenters. The van der Waals surface area contributed by atoms with Gasteiger partial charge >= 0.3 is 0 Å². The first kappa shape index (κ1) is 16.5. The van der Waals surface area contributed by atoms with E-state index in [-0.39, 0.29) is 11.7 Å². The number of halogens is 2. The second-order valence-corrected chi connectivity index (χ2v) is 6.49. The lowest BCUT2D eigenvalue weighted by atomic mass is 10.2. The maximum Gasteiger partial charge on any atom is 0.288 e. The molecule has 1 amide bonds. The van der Waals surface area contributed by atoms with Crippen molar-refractivity contribution in [3.63, 3.8) is 0 Å². The van der Waals surface area contributed by atoms with Gasteiger partial charge in [-0.05, 0) is 12.8 Å². The van der Waals surface area contributed by atoms with Gasteiger partial charge in [-0.25, -0.2) is 14.6 Å². The second-order valence-electron chi connectivity index (χ2n) is 6.49. The third kappa shape index (κ3) is 3.00. The van der Waals surface area contributed by atoms with Crippen LogP contribution in [0, 0.1) is 0 Å². The number of anilines is 1. The lowest BCUT2D eigenvalue weighted by Crippen LogP contribution is -2.13. The predicted molar refractivity (Wildman–Crippen MR) is 90.3 cm³/mol. The van der Waals surface area contributed by atoms with Gasteiger partial charge in [0, 0.05) is 37.4 Å². The van der Waals surface area contributed by atoms with Crippen LogP contribution in [-0.2, 0) is 10.7 Å². The molecule has 7 nitrogen and oxygen atoms in total. The standard InChI is InChI=1S/C17H16F2N6O/c1-9(26)22-14-5-12-11(6-21-14)16(10-3-4-10)24-25(12)15-8-20-7-13(23-15)17(2,18)19/h5-8,10H,3-4H2,1-2H3,(H,21,22,26). The van der Waals surface area contributed by atoms with Crippen LogP contribution in [-0.4, -0.2) is 30.6 Å². The molecule has 0 bridgehead atoms. The third-order valence-corrected chi connectivity index (χ3v) is 4.15. The van der Waals surface area contributed by atoms with Gasteiger partial charge in [-0.2, -0.15) is 13.9 Å². The molecule has 0 aromatic carbocycles. The number of carbonyl (C=O) groups is 1. The Hall–Kier alpha value is -2.97. The van der Waals surface area contributed by atoms with Gasteiger partial charge in [-0.15, -0.1) is 0 Å². The lowest BCUT2D eigenvalue weighted by Gasteiger charge is -2.10. The number of alkyl halides is 2. The average Bonchev–Trinajstić information content (AvgIpc) is 3.35. The van der Waals surface area contributed by atoms with Gasteiger partial charge in [-0.3, -0.25) is 9.78 Å². The third-order valence-electron chi connectivity index (χ3n) is 4.15. The van der Waals surface area contributed by atoms with Crippen LogP contribution in [0.25, 0.3) is 16.7 Å². The molecule has 3 heterocycles. The van der Waals surface area contributed by atoms with Crippen LogP contribution in [0.5, 0.6) is 0 Å². The fourth-order valence-corrected chi connectivity index (χ4v) is 2.78. The molecule has 26 heavy (non-hydrogen) atoms. The molecule has 0 unspecified atom stereocenters. The van der Waals surface area contributed by atoms with E-state index in [1.807, 2.05) is 0 Å². The molecule has 3 aromatic rings. The van der Waals surface area contributed by atoms with Crippen LogP contribution in [0.15, 0.2) is 24.7 Å². The molecule has 0 saturated heterocycles. The van der Waals surface area contributed by atoms with Crippen molar-refractivity contribution < 1.29 is 13.6 Å². The van der Waals surface area contributed by atoms with Crippen LogP contribution in [0.4, 0.5) is 14.6 Å². The van der Waals surface area contributed by atoms with Gasteiger partial charge in [-0.1, -0.05) is 0 Å². The number of fused-ring (bicyclic) bond motifs is 1. The molecular formula is C17H16F2N6O. The number of nitrogens with zero attached hydrogens (tertiary/aromatic N) is 5. The van der Waals surface area contributed by atoms with Crippen molar-refractivity contribution >= 4 is 22.6 Å². The summed E-state index contributed by atoms with van der Waals surface area (Å²) < 4.78 is 28.7. The van der Waals surface area contributed by atoms with Crippen LogP contribution in [0.3, 0.4) is 0 Å². The summed E-state index contributed by atoms with van der Waals surface area (Å²) in [5.41, 5.74) is 1.07. The summed E-state index contributed by atoms with van der Waals surface area (Å²) in [5, 5.41) is 8.02. The molecule has 1 aliphatic carbocycles. The van der Waals surface area contributed by atoms with Gasteiger partial charge in [0.05, 0.1) is 23.6 Å². The van der Waals surface area contributed by atoms with E-state index in [1.54, 1.807) is 12.3 Å². The van der Waals surface area contributed by atoms with E-state index in [2.05, 4.69) is 25.4 Å². The van der Waals surface area contributed by atoms with Crippen molar-refractivity contribution in [2.24, 2.45) is 0 Å². The van der Waals surface area contributed by atoms with Crippen molar-refractivity contribution in [1.82, 2.24) is 24.7 Å². The zero-order chi connectivity index (χ0) is 18.5. The van der Waals surface area contributed by atoms with E-state index in [9.17, 15) is 13.6 Å². The van der Waals surface area contributed by atoms with Crippen molar-refractivity contribution in [1.29, 1.82) is 0 Å². The summed E-state index contributed by atoms with van der Waals surface area (Å²) in [5.74, 6) is -2.47. The number of rotatable bonds is 4. The normalized spacial score (nSPS) is 14.6. The van der Waals surface area contributed by atoms with Gasteiger partial charge in [0.25, 0.3) is 5.92 Å².